The Morgan fingerprint density at radius 1 is 1.29 bits per heavy atom. The lowest BCUT2D eigenvalue weighted by molar-refractivity contribution is -0.136. The van der Waals surface area contributed by atoms with Crippen LogP contribution in [0, 0.1) is 5.92 Å². The highest BCUT2D eigenvalue weighted by Gasteiger charge is 2.37. The van der Waals surface area contributed by atoms with E-state index in [4.69, 9.17) is 4.74 Å². The molecule has 0 aromatic heterocycles. The minimum absolute atomic E-state index is 0.0624. The molecule has 2 unspecified atom stereocenters. The molecule has 1 N–H and O–H groups in total. The molecule has 2 saturated heterocycles. The molecule has 2 amide bonds. The lowest BCUT2D eigenvalue weighted by atomic mass is 10.1. The molecule has 6 nitrogen and oxygen atoms in total. The Bertz CT molecular complexity index is 602. The summed E-state index contributed by atoms with van der Waals surface area (Å²) in [5.74, 6) is 0.773. The van der Waals surface area contributed by atoms with Crippen LogP contribution < -0.4 is 10.1 Å². The van der Waals surface area contributed by atoms with Crippen molar-refractivity contribution in [3.63, 3.8) is 0 Å². The van der Waals surface area contributed by atoms with Crippen molar-refractivity contribution in [2.45, 2.75) is 25.9 Å². The van der Waals surface area contributed by atoms with Crippen LogP contribution in [-0.2, 0) is 16.1 Å². The summed E-state index contributed by atoms with van der Waals surface area (Å²) in [6, 6.07) is 8.01. The van der Waals surface area contributed by atoms with Gasteiger partial charge in [-0.05, 0) is 24.6 Å². The second-order valence-electron chi connectivity index (χ2n) is 6.66. The number of likely N-dealkylation sites (tertiary alicyclic amines) is 1. The van der Waals surface area contributed by atoms with E-state index in [9.17, 15) is 9.59 Å². The summed E-state index contributed by atoms with van der Waals surface area (Å²) in [7, 11) is 1.63. The van der Waals surface area contributed by atoms with Crippen LogP contribution in [0.5, 0.6) is 5.75 Å². The van der Waals surface area contributed by atoms with Crippen LogP contribution in [0.25, 0.3) is 0 Å². The third-order valence-corrected chi connectivity index (χ3v) is 4.78. The van der Waals surface area contributed by atoms with Crippen LogP contribution >= 0.6 is 0 Å². The van der Waals surface area contributed by atoms with Crippen molar-refractivity contribution in [3.05, 3.63) is 29.8 Å². The zero-order valence-corrected chi connectivity index (χ0v) is 14.3. The average molecular weight is 331 g/mol. The number of piperazine rings is 1. The topological polar surface area (TPSA) is 61.9 Å². The van der Waals surface area contributed by atoms with Gasteiger partial charge in [0.1, 0.15) is 5.75 Å². The number of hydrogen-bond donors (Lipinski definition) is 1. The molecule has 0 radical (unpaired) electrons. The van der Waals surface area contributed by atoms with Gasteiger partial charge in [0.25, 0.3) is 0 Å². The van der Waals surface area contributed by atoms with Gasteiger partial charge >= 0.3 is 0 Å². The summed E-state index contributed by atoms with van der Waals surface area (Å²) in [6.45, 7) is 5.42. The number of hydrogen-bond acceptors (Lipinski definition) is 4. The van der Waals surface area contributed by atoms with Crippen molar-refractivity contribution in [3.8, 4) is 5.75 Å². The van der Waals surface area contributed by atoms with Crippen molar-refractivity contribution >= 4 is 11.8 Å². The predicted molar refractivity (Wildman–Crippen MR) is 90.6 cm³/mol. The van der Waals surface area contributed by atoms with Gasteiger partial charge < -0.3 is 19.9 Å². The number of nitrogens with zero attached hydrogens (tertiary/aromatic N) is 2. The minimum atomic E-state index is -0.207. The second-order valence-corrected chi connectivity index (χ2v) is 6.66. The van der Waals surface area contributed by atoms with E-state index >= 15 is 0 Å². The van der Waals surface area contributed by atoms with Crippen LogP contribution in [0.2, 0.25) is 0 Å². The van der Waals surface area contributed by atoms with Crippen molar-refractivity contribution < 1.29 is 14.3 Å². The number of carbonyl (C=O) groups is 2. The molecule has 2 aliphatic rings. The van der Waals surface area contributed by atoms with Gasteiger partial charge in [-0.3, -0.25) is 9.59 Å². The maximum absolute atomic E-state index is 12.7. The molecule has 2 fully saturated rings. The third kappa shape index (κ3) is 3.70. The van der Waals surface area contributed by atoms with Crippen molar-refractivity contribution in [1.82, 2.24) is 15.1 Å². The molecule has 0 spiro atoms. The SMILES string of the molecule is COc1ccc(CN2CC(C(=O)N3CCNC(C)C3)CC2=O)cc1. The molecule has 0 saturated carbocycles. The van der Waals surface area contributed by atoms with Gasteiger partial charge in [0.15, 0.2) is 0 Å². The van der Waals surface area contributed by atoms with Crippen molar-refractivity contribution in [2.24, 2.45) is 5.92 Å². The molecule has 130 valence electrons. The average Bonchev–Trinajstić information content (AvgIpc) is 2.95. The van der Waals surface area contributed by atoms with Crippen LogP contribution in [-0.4, -0.2) is 60.9 Å². The van der Waals surface area contributed by atoms with E-state index in [1.54, 1.807) is 12.0 Å². The number of methoxy groups -OCH3 is 1. The molecule has 24 heavy (non-hydrogen) atoms. The highest BCUT2D eigenvalue weighted by Crippen LogP contribution is 2.23. The van der Waals surface area contributed by atoms with Gasteiger partial charge in [-0.2, -0.15) is 0 Å². The van der Waals surface area contributed by atoms with Gasteiger partial charge in [-0.15, -0.1) is 0 Å². The Hall–Kier alpha value is -2.08. The Kier molecular flexibility index (Phi) is 5.04. The third-order valence-electron chi connectivity index (χ3n) is 4.78. The number of nitrogens with one attached hydrogen (secondary N) is 1. The van der Waals surface area contributed by atoms with E-state index in [-0.39, 0.29) is 17.7 Å². The first-order valence-corrected chi connectivity index (χ1v) is 8.49. The van der Waals surface area contributed by atoms with Crippen LogP contribution in [0.1, 0.15) is 18.9 Å². The first-order chi connectivity index (χ1) is 11.6. The smallest absolute Gasteiger partial charge is 0.228 e. The van der Waals surface area contributed by atoms with Crippen molar-refractivity contribution in [2.75, 3.05) is 33.3 Å². The van der Waals surface area contributed by atoms with Gasteiger partial charge in [0, 0.05) is 45.2 Å². The molecule has 2 heterocycles. The number of benzene rings is 1. The minimum Gasteiger partial charge on any atom is -0.497 e. The predicted octanol–water partition coefficient (Wildman–Crippen LogP) is 0.864. The number of rotatable bonds is 4. The normalized spacial score (nSPS) is 24.3. The summed E-state index contributed by atoms with van der Waals surface area (Å²) in [5, 5.41) is 3.34. The fraction of sp³-hybridized carbons (Fsp3) is 0.556. The maximum atomic E-state index is 12.7. The number of carbonyl (C=O) groups excluding carboxylic acids is 2. The van der Waals surface area contributed by atoms with E-state index in [1.807, 2.05) is 29.2 Å². The van der Waals surface area contributed by atoms with Crippen molar-refractivity contribution in [1.29, 1.82) is 0 Å². The molecule has 6 heteroatoms. The summed E-state index contributed by atoms with van der Waals surface area (Å²) < 4.78 is 5.15. The molecule has 2 atom stereocenters. The second kappa shape index (κ2) is 7.21. The first kappa shape index (κ1) is 16.8. The maximum Gasteiger partial charge on any atom is 0.228 e. The van der Waals surface area contributed by atoms with Gasteiger partial charge in [0.2, 0.25) is 11.8 Å². The molecule has 1 aromatic carbocycles. The number of ether oxygens (including phenoxy) is 1. The number of amides is 2. The lowest BCUT2D eigenvalue weighted by Crippen LogP contribution is -2.53. The van der Waals surface area contributed by atoms with E-state index in [0.29, 0.717) is 25.6 Å². The molecule has 1 aromatic rings. The van der Waals surface area contributed by atoms with E-state index in [1.165, 1.54) is 0 Å². The van der Waals surface area contributed by atoms with Crippen LogP contribution in [0.15, 0.2) is 24.3 Å². The Labute approximate surface area is 142 Å². The molecule has 2 aliphatic heterocycles. The van der Waals surface area contributed by atoms with Gasteiger partial charge in [0.05, 0.1) is 13.0 Å². The zero-order chi connectivity index (χ0) is 17.1. The summed E-state index contributed by atoms with van der Waals surface area (Å²) >= 11 is 0. The summed E-state index contributed by atoms with van der Waals surface area (Å²) in [4.78, 5) is 28.6. The first-order valence-electron chi connectivity index (χ1n) is 8.49. The Balaban J connectivity index is 1.59. The van der Waals surface area contributed by atoms with Crippen LogP contribution in [0.4, 0.5) is 0 Å². The van der Waals surface area contributed by atoms with E-state index < -0.39 is 0 Å². The highest BCUT2D eigenvalue weighted by atomic mass is 16.5. The standard InChI is InChI=1S/C18H25N3O3/c1-13-10-20(8-7-19-13)18(23)15-9-17(22)21(12-15)11-14-3-5-16(24-2)6-4-14/h3-6,13,15,19H,7-12H2,1-2H3. The lowest BCUT2D eigenvalue weighted by Gasteiger charge is -2.33. The Morgan fingerprint density at radius 2 is 2.04 bits per heavy atom. The fourth-order valence-corrected chi connectivity index (χ4v) is 3.43. The van der Waals surface area contributed by atoms with Gasteiger partial charge in [-0.1, -0.05) is 12.1 Å². The molecule has 3 rings (SSSR count). The Morgan fingerprint density at radius 3 is 2.71 bits per heavy atom. The molecule has 0 aliphatic carbocycles. The highest BCUT2D eigenvalue weighted by molar-refractivity contribution is 5.89. The van der Waals surface area contributed by atoms with Crippen LogP contribution in [0.3, 0.4) is 0 Å². The van der Waals surface area contributed by atoms with E-state index in [2.05, 4.69) is 12.2 Å². The summed E-state index contributed by atoms with van der Waals surface area (Å²) in [5.41, 5.74) is 1.05. The molecule has 0 bridgehead atoms. The molecular weight excluding hydrogens is 306 g/mol. The van der Waals surface area contributed by atoms with E-state index in [0.717, 1.165) is 30.9 Å². The molecular formula is C18H25N3O3. The van der Waals surface area contributed by atoms with Gasteiger partial charge in [-0.25, -0.2) is 0 Å². The monoisotopic (exact) mass is 331 g/mol. The fourth-order valence-electron chi connectivity index (χ4n) is 3.43. The summed E-state index contributed by atoms with van der Waals surface area (Å²) in [6.07, 6.45) is 0.327. The quantitative estimate of drug-likeness (QED) is 0.889. The zero-order valence-electron chi connectivity index (χ0n) is 14.3. The largest absolute Gasteiger partial charge is 0.497 e.